The Morgan fingerprint density at radius 1 is 0.581 bits per heavy atom. The van der Waals surface area contributed by atoms with Gasteiger partial charge in [0.25, 0.3) is 0 Å². The average Bonchev–Trinajstić information content (AvgIpc) is 2.70. The molecule has 0 aromatic heterocycles. The van der Waals surface area contributed by atoms with Crippen LogP contribution in [-0.2, 0) is 28.7 Å². The number of esters is 2. The smallest absolute Gasteiger partial charge is 0.545 e. The number of unbranched alkanes of at least 4 members (excludes halogenated alkanes) is 8. The predicted octanol–water partition coefficient (Wildman–Crippen LogP) is 1.23. The fourth-order valence-corrected chi connectivity index (χ4v) is 2.13. The third-order valence-electron chi connectivity index (χ3n) is 3.70. The third-order valence-corrected chi connectivity index (χ3v) is 3.70. The number of carboxylic acids is 2. The van der Waals surface area contributed by atoms with E-state index in [0.717, 1.165) is 50.7 Å². The minimum Gasteiger partial charge on any atom is -0.545 e. The van der Waals surface area contributed by atoms with E-state index in [4.69, 9.17) is 9.47 Å². The normalized spacial score (nSPS) is 10.1. The van der Waals surface area contributed by atoms with Crippen molar-refractivity contribution in [2.24, 2.45) is 0 Å². The van der Waals surface area contributed by atoms with Crippen LogP contribution in [0.25, 0.3) is 0 Å². The first kappa shape index (κ1) is 34.2. The molecule has 0 rings (SSSR count). The van der Waals surface area contributed by atoms with Crippen LogP contribution in [0.3, 0.4) is 0 Å². The molecule has 0 saturated heterocycles. The number of hydrogen-bond acceptors (Lipinski definition) is 8. The van der Waals surface area contributed by atoms with E-state index in [-0.39, 0.29) is 37.7 Å². The van der Waals surface area contributed by atoms with E-state index in [2.05, 4.69) is 13.8 Å². The van der Waals surface area contributed by atoms with E-state index in [9.17, 15) is 29.4 Å². The first-order valence-corrected chi connectivity index (χ1v) is 10.4. The summed E-state index contributed by atoms with van der Waals surface area (Å²) in [7, 11) is 0. The van der Waals surface area contributed by atoms with Gasteiger partial charge in [0, 0.05) is 12.2 Å². The second-order valence-electron chi connectivity index (χ2n) is 6.47. The van der Waals surface area contributed by atoms with Crippen molar-refractivity contribution in [1.82, 2.24) is 0 Å². The number of carbonyl (C=O) groups is 4. The molecule has 0 aliphatic carbocycles. The minimum atomic E-state index is -1.39. The van der Waals surface area contributed by atoms with Crippen molar-refractivity contribution in [3.8, 4) is 0 Å². The van der Waals surface area contributed by atoms with Gasteiger partial charge in [0.2, 0.25) is 0 Å². The van der Waals surface area contributed by atoms with Crippen molar-refractivity contribution in [3.63, 3.8) is 0 Å². The van der Waals surface area contributed by atoms with Gasteiger partial charge in [0.15, 0.2) is 0 Å². The van der Waals surface area contributed by atoms with Crippen molar-refractivity contribution in [3.05, 3.63) is 24.3 Å². The molecule has 0 N–H and O–H groups in total. The Morgan fingerprint density at radius 2 is 0.903 bits per heavy atom. The average molecular weight is 467 g/mol. The molecular formula is C22H34CaO8. The van der Waals surface area contributed by atoms with Gasteiger partial charge in [0.05, 0.1) is 25.2 Å². The Kier molecular flexibility index (Phi) is 29.4. The first-order chi connectivity index (χ1) is 14.3. The van der Waals surface area contributed by atoms with Gasteiger partial charge in [-0.2, -0.15) is 0 Å². The standard InChI is InChI=1S/2C11H18O4.Ca/c2*1-2-3-4-5-6-9-15-11(14)8-7-10(12)13;/h2*7-8H,2-6,9H2,1H3,(H,12,13);/q;;+2/p-2. The zero-order chi connectivity index (χ0) is 23.0. The molecule has 0 fully saturated rings. The fraction of sp³-hybridized carbons (Fsp3) is 0.636. The van der Waals surface area contributed by atoms with Crippen molar-refractivity contribution in [2.75, 3.05) is 13.2 Å². The monoisotopic (exact) mass is 466 g/mol. The van der Waals surface area contributed by atoms with E-state index >= 15 is 0 Å². The molecule has 8 nitrogen and oxygen atoms in total. The Bertz CT molecular complexity index is 496. The molecule has 0 aromatic carbocycles. The van der Waals surface area contributed by atoms with Crippen LogP contribution in [0, 0.1) is 0 Å². The zero-order valence-corrected chi connectivity index (χ0v) is 21.0. The number of aliphatic carboxylic acids is 2. The molecule has 0 aliphatic rings. The van der Waals surface area contributed by atoms with E-state index in [0.29, 0.717) is 25.4 Å². The zero-order valence-electron chi connectivity index (χ0n) is 18.8. The molecule has 0 unspecified atom stereocenters. The summed E-state index contributed by atoms with van der Waals surface area (Å²) in [6, 6.07) is 0. The van der Waals surface area contributed by atoms with E-state index in [1.54, 1.807) is 0 Å². The van der Waals surface area contributed by atoms with Gasteiger partial charge in [-0.25, -0.2) is 9.59 Å². The maximum absolute atomic E-state index is 10.8. The first-order valence-electron chi connectivity index (χ1n) is 10.4. The largest absolute Gasteiger partial charge is 2.00 e. The topological polar surface area (TPSA) is 133 Å². The van der Waals surface area contributed by atoms with Crippen molar-refractivity contribution in [2.45, 2.75) is 78.1 Å². The maximum atomic E-state index is 10.8. The number of hydrogen-bond donors (Lipinski definition) is 0. The molecule has 0 aromatic rings. The molecule has 0 atom stereocenters. The van der Waals surface area contributed by atoms with Crippen LogP contribution in [-0.4, -0.2) is 74.8 Å². The van der Waals surface area contributed by atoms with Crippen LogP contribution in [0.2, 0.25) is 0 Å². The summed E-state index contributed by atoms with van der Waals surface area (Å²) < 4.78 is 9.51. The van der Waals surface area contributed by atoms with Crippen LogP contribution >= 0.6 is 0 Å². The van der Waals surface area contributed by atoms with E-state index in [1.807, 2.05) is 0 Å². The molecule has 31 heavy (non-hydrogen) atoms. The van der Waals surface area contributed by atoms with Gasteiger partial charge in [0.1, 0.15) is 0 Å². The van der Waals surface area contributed by atoms with E-state index < -0.39 is 23.9 Å². The van der Waals surface area contributed by atoms with Gasteiger partial charge in [-0.05, 0) is 25.0 Å². The SMILES string of the molecule is CCCCCCCOC(=O)C=CC(=O)[O-].CCCCCCCOC(=O)C=CC(=O)[O-].[Ca+2]. The van der Waals surface area contributed by atoms with Crippen LogP contribution in [0.15, 0.2) is 24.3 Å². The van der Waals surface area contributed by atoms with Crippen LogP contribution in [0.1, 0.15) is 78.1 Å². The summed E-state index contributed by atoms with van der Waals surface area (Å²) in [6.45, 7) is 4.95. The molecule has 172 valence electrons. The molecular weight excluding hydrogens is 432 g/mol. The van der Waals surface area contributed by atoms with Crippen molar-refractivity contribution < 1.29 is 38.9 Å². The molecule has 0 saturated carbocycles. The van der Waals surface area contributed by atoms with Crippen LogP contribution in [0.5, 0.6) is 0 Å². The number of rotatable bonds is 16. The van der Waals surface area contributed by atoms with Crippen molar-refractivity contribution >= 4 is 61.6 Å². The summed E-state index contributed by atoms with van der Waals surface area (Å²) in [5.74, 6) is -4.05. The third kappa shape index (κ3) is 33.5. The maximum Gasteiger partial charge on any atom is 2.00 e. The summed E-state index contributed by atoms with van der Waals surface area (Å²) in [6.07, 6.45) is 13.8. The molecule has 0 radical (unpaired) electrons. The summed E-state index contributed by atoms with van der Waals surface area (Å²) in [5.41, 5.74) is 0. The fourth-order valence-electron chi connectivity index (χ4n) is 2.13. The Labute approximate surface area is 215 Å². The molecule has 0 heterocycles. The summed E-state index contributed by atoms with van der Waals surface area (Å²) in [4.78, 5) is 41.6. The Balaban J connectivity index is -0.000000490. The van der Waals surface area contributed by atoms with Gasteiger partial charge in [-0.15, -0.1) is 0 Å². The summed E-state index contributed by atoms with van der Waals surface area (Å²) in [5, 5.41) is 19.9. The van der Waals surface area contributed by atoms with Gasteiger partial charge in [-0.1, -0.05) is 65.2 Å². The van der Waals surface area contributed by atoms with Crippen molar-refractivity contribution in [1.29, 1.82) is 0 Å². The second-order valence-corrected chi connectivity index (χ2v) is 6.47. The molecule has 0 amide bonds. The summed E-state index contributed by atoms with van der Waals surface area (Å²) >= 11 is 0. The quantitative estimate of drug-likeness (QED) is 0.144. The molecule has 0 spiro atoms. The molecule has 0 bridgehead atoms. The number of carbonyl (C=O) groups excluding carboxylic acids is 4. The predicted molar refractivity (Wildman–Crippen MR) is 113 cm³/mol. The Morgan fingerprint density at radius 3 is 1.19 bits per heavy atom. The molecule has 9 heteroatoms. The second kappa shape index (κ2) is 26.7. The number of ether oxygens (including phenoxy) is 2. The Hall–Kier alpha value is -1.38. The van der Waals surface area contributed by atoms with Crippen LogP contribution in [0.4, 0.5) is 0 Å². The minimum absolute atomic E-state index is 0. The number of carboxylic acid groups (broad SMARTS) is 2. The van der Waals surface area contributed by atoms with Crippen LogP contribution < -0.4 is 10.2 Å². The van der Waals surface area contributed by atoms with Gasteiger partial charge < -0.3 is 29.3 Å². The van der Waals surface area contributed by atoms with E-state index in [1.165, 1.54) is 25.7 Å². The van der Waals surface area contributed by atoms with Gasteiger partial charge >= 0.3 is 49.7 Å². The van der Waals surface area contributed by atoms with Gasteiger partial charge in [-0.3, -0.25) is 0 Å². The molecule has 0 aliphatic heterocycles.